The molecule has 1 fully saturated rings. The Labute approximate surface area is 189 Å². The molecule has 3 aromatic rings. The number of rotatable bonds is 6. The fraction of sp³-hybridized carbons (Fsp3) is 0.167. The number of nitrogens with one attached hydrogen (secondary N) is 2. The molecule has 1 aliphatic rings. The number of halogens is 1. The second-order valence-electron chi connectivity index (χ2n) is 7.46. The molecule has 0 unspecified atom stereocenters. The molecule has 0 aliphatic carbocycles. The first kappa shape index (κ1) is 21.9. The standard InChI is InChI=1S/C24H21FN4O4/c1-15(30)27-13-18-14-29(24(32)33-18)17-8-9-21(19(25)12-17)28-22-7-4-5-16(11-23(22)31)20-6-2-3-10-26-20/h2-12,18H,13-14H2,1H3,(H,27,30)(H,28,31)/t18-/m0/s1. The number of anilines is 3. The molecule has 2 heterocycles. The molecule has 1 atom stereocenters. The Morgan fingerprint density at radius 3 is 2.70 bits per heavy atom. The lowest BCUT2D eigenvalue weighted by atomic mass is 10.2. The van der Waals surface area contributed by atoms with E-state index in [0.717, 1.165) is 0 Å². The van der Waals surface area contributed by atoms with E-state index >= 15 is 0 Å². The molecule has 0 radical (unpaired) electrons. The molecular formula is C24H21FN4O4. The highest BCUT2D eigenvalue weighted by Crippen LogP contribution is 2.27. The number of carbonyl (C=O) groups excluding carboxylic acids is 2. The number of cyclic esters (lactones) is 1. The zero-order chi connectivity index (χ0) is 23.4. The Morgan fingerprint density at radius 2 is 1.97 bits per heavy atom. The van der Waals surface area contributed by atoms with Crippen molar-refractivity contribution in [1.82, 2.24) is 10.3 Å². The second kappa shape index (κ2) is 9.47. The molecule has 4 rings (SSSR count). The van der Waals surface area contributed by atoms with Crippen LogP contribution in [0.1, 0.15) is 6.92 Å². The Kier molecular flexibility index (Phi) is 6.30. The van der Waals surface area contributed by atoms with E-state index in [1.165, 1.54) is 30.0 Å². The van der Waals surface area contributed by atoms with Gasteiger partial charge >= 0.3 is 6.09 Å². The van der Waals surface area contributed by atoms with Crippen LogP contribution in [0.2, 0.25) is 0 Å². The molecule has 0 saturated carbocycles. The highest BCUT2D eigenvalue weighted by Gasteiger charge is 2.32. The fourth-order valence-electron chi connectivity index (χ4n) is 3.41. The molecule has 0 spiro atoms. The van der Waals surface area contributed by atoms with Crippen LogP contribution in [0.25, 0.3) is 11.3 Å². The summed E-state index contributed by atoms with van der Waals surface area (Å²) >= 11 is 0. The van der Waals surface area contributed by atoms with Crippen LogP contribution >= 0.6 is 0 Å². The van der Waals surface area contributed by atoms with Crippen LogP contribution in [0.5, 0.6) is 0 Å². The number of hydrogen-bond donors (Lipinski definition) is 2. The van der Waals surface area contributed by atoms with Crippen LogP contribution < -0.4 is 21.0 Å². The number of amides is 2. The lowest BCUT2D eigenvalue weighted by molar-refractivity contribution is -0.119. The minimum atomic E-state index is -0.638. The van der Waals surface area contributed by atoms with Crippen LogP contribution in [0.15, 0.2) is 71.7 Å². The van der Waals surface area contributed by atoms with E-state index in [1.54, 1.807) is 42.6 Å². The van der Waals surface area contributed by atoms with Crippen molar-refractivity contribution in [3.8, 4) is 11.3 Å². The number of benzene rings is 1. The van der Waals surface area contributed by atoms with Gasteiger partial charge in [0.15, 0.2) is 0 Å². The van der Waals surface area contributed by atoms with E-state index in [2.05, 4.69) is 15.6 Å². The predicted octanol–water partition coefficient (Wildman–Crippen LogP) is 3.45. The van der Waals surface area contributed by atoms with Gasteiger partial charge in [-0.05, 0) is 42.5 Å². The summed E-state index contributed by atoms with van der Waals surface area (Å²) in [6.45, 7) is 1.73. The Morgan fingerprint density at radius 1 is 1.12 bits per heavy atom. The summed E-state index contributed by atoms with van der Waals surface area (Å²) in [5.41, 5.74) is 1.57. The second-order valence-corrected chi connectivity index (χ2v) is 7.46. The summed E-state index contributed by atoms with van der Waals surface area (Å²) in [7, 11) is 0. The van der Waals surface area contributed by atoms with Gasteiger partial charge in [-0.3, -0.25) is 19.5 Å². The van der Waals surface area contributed by atoms with Crippen LogP contribution in [0, 0.1) is 5.82 Å². The largest absolute Gasteiger partial charge is 0.442 e. The van der Waals surface area contributed by atoms with Crippen molar-refractivity contribution in [2.75, 3.05) is 23.3 Å². The van der Waals surface area contributed by atoms with Gasteiger partial charge < -0.3 is 15.4 Å². The highest BCUT2D eigenvalue weighted by atomic mass is 19.1. The van der Waals surface area contributed by atoms with Crippen molar-refractivity contribution in [2.24, 2.45) is 0 Å². The molecular weight excluding hydrogens is 427 g/mol. The summed E-state index contributed by atoms with van der Waals surface area (Å²) in [5.74, 6) is -0.869. The lowest BCUT2D eigenvalue weighted by Gasteiger charge is -2.15. The van der Waals surface area contributed by atoms with E-state index in [1.807, 2.05) is 6.07 Å². The van der Waals surface area contributed by atoms with Gasteiger partial charge in [0, 0.05) is 18.7 Å². The zero-order valence-electron chi connectivity index (χ0n) is 17.7. The minimum Gasteiger partial charge on any atom is -0.442 e. The van der Waals surface area contributed by atoms with Gasteiger partial charge in [-0.15, -0.1) is 0 Å². The first-order chi connectivity index (χ1) is 15.9. The molecule has 168 valence electrons. The summed E-state index contributed by atoms with van der Waals surface area (Å²) < 4.78 is 20.0. The smallest absolute Gasteiger partial charge is 0.414 e. The normalized spacial score (nSPS) is 15.2. The Balaban J connectivity index is 1.51. The monoisotopic (exact) mass is 448 g/mol. The molecule has 1 saturated heterocycles. The van der Waals surface area contributed by atoms with Gasteiger partial charge in [-0.2, -0.15) is 0 Å². The SMILES string of the molecule is CC(=O)NC[C@H]1CN(c2ccc(Nc3cccc(-c4ccccn4)cc3=O)c(F)c2)C(=O)O1. The summed E-state index contributed by atoms with van der Waals surface area (Å²) in [5, 5.41) is 5.41. The Bertz CT molecular complexity index is 1250. The number of nitrogens with zero attached hydrogens (tertiary/aromatic N) is 2. The molecule has 1 aromatic heterocycles. The molecule has 9 heteroatoms. The van der Waals surface area contributed by atoms with Gasteiger partial charge in [0.2, 0.25) is 11.3 Å². The average Bonchev–Trinajstić information content (AvgIpc) is 3.07. The molecule has 8 nitrogen and oxygen atoms in total. The van der Waals surface area contributed by atoms with Gasteiger partial charge in [-0.25, -0.2) is 9.18 Å². The summed E-state index contributed by atoms with van der Waals surface area (Å²) in [4.78, 5) is 41.4. The third kappa shape index (κ3) is 5.15. The van der Waals surface area contributed by atoms with Crippen molar-refractivity contribution in [3.63, 3.8) is 0 Å². The third-order valence-corrected chi connectivity index (χ3v) is 5.04. The van der Waals surface area contributed by atoms with Gasteiger partial charge in [0.05, 0.1) is 35.8 Å². The topological polar surface area (TPSA) is 101 Å². The molecule has 0 bridgehead atoms. The highest BCUT2D eigenvalue weighted by molar-refractivity contribution is 5.90. The van der Waals surface area contributed by atoms with Crippen molar-refractivity contribution in [1.29, 1.82) is 0 Å². The third-order valence-electron chi connectivity index (χ3n) is 5.04. The average molecular weight is 448 g/mol. The van der Waals surface area contributed by atoms with Crippen LogP contribution in [-0.4, -0.2) is 36.2 Å². The van der Waals surface area contributed by atoms with Crippen LogP contribution in [0.3, 0.4) is 0 Å². The summed E-state index contributed by atoms with van der Waals surface area (Å²) in [6.07, 6.45) is 0.494. The number of ether oxygens (including phenoxy) is 1. The Hall–Kier alpha value is -4.27. The van der Waals surface area contributed by atoms with Gasteiger partial charge in [-0.1, -0.05) is 18.2 Å². The molecule has 1 aliphatic heterocycles. The van der Waals surface area contributed by atoms with Crippen molar-refractivity contribution in [2.45, 2.75) is 13.0 Å². The molecule has 2 N–H and O–H groups in total. The van der Waals surface area contributed by atoms with E-state index in [4.69, 9.17) is 4.74 Å². The van der Waals surface area contributed by atoms with E-state index in [9.17, 15) is 18.8 Å². The first-order valence-electron chi connectivity index (χ1n) is 10.3. The molecule has 2 amide bonds. The van der Waals surface area contributed by atoms with Gasteiger partial charge in [0.1, 0.15) is 11.9 Å². The number of aromatic nitrogens is 1. The van der Waals surface area contributed by atoms with Gasteiger partial charge in [0.25, 0.3) is 0 Å². The number of hydrogen-bond acceptors (Lipinski definition) is 6. The quantitative estimate of drug-likeness (QED) is 0.599. The zero-order valence-corrected chi connectivity index (χ0v) is 17.7. The van der Waals surface area contributed by atoms with E-state index < -0.39 is 18.0 Å². The number of carbonyl (C=O) groups is 2. The molecule has 2 aromatic carbocycles. The lowest BCUT2D eigenvalue weighted by Crippen LogP contribution is -2.33. The van der Waals surface area contributed by atoms with E-state index in [-0.39, 0.29) is 35.8 Å². The van der Waals surface area contributed by atoms with Crippen molar-refractivity contribution >= 4 is 29.1 Å². The minimum absolute atomic E-state index is 0.0868. The maximum atomic E-state index is 14.8. The van der Waals surface area contributed by atoms with E-state index in [0.29, 0.717) is 16.9 Å². The maximum Gasteiger partial charge on any atom is 0.414 e. The van der Waals surface area contributed by atoms with Crippen LogP contribution in [0.4, 0.5) is 26.2 Å². The fourth-order valence-corrected chi connectivity index (χ4v) is 3.41. The van der Waals surface area contributed by atoms with Crippen LogP contribution in [-0.2, 0) is 9.53 Å². The number of pyridine rings is 1. The molecule has 33 heavy (non-hydrogen) atoms. The van der Waals surface area contributed by atoms with Crippen molar-refractivity contribution in [3.05, 3.63) is 82.9 Å². The predicted molar refractivity (Wildman–Crippen MR) is 122 cm³/mol. The summed E-state index contributed by atoms with van der Waals surface area (Å²) in [6, 6.07) is 16.1. The first-order valence-corrected chi connectivity index (χ1v) is 10.3. The van der Waals surface area contributed by atoms with Crippen molar-refractivity contribution < 1.29 is 18.7 Å². The maximum absolute atomic E-state index is 14.8.